The van der Waals surface area contributed by atoms with Gasteiger partial charge in [0.2, 0.25) is 5.91 Å². The smallest absolute Gasteiger partial charge is 0.334 e. The van der Waals surface area contributed by atoms with Gasteiger partial charge in [0.05, 0.1) is 0 Å². The first-order valence-corrected chi connectivity index (χ1v) is 13.4. The van der Waals surface area contributed by atoms with E-state index < -0.39 is 29.9 Å². The predicted molar refractivity (Wildman–Crippen MR) is 159 cm³/mol. The Hall–Kier alpha value is -5.18. The molecule has 0 aliphatic heterocycles. The molecule has 0 heterocycles. The Morgan fingerprint density at radius 3 is 2.15 bits per heavy atom. The van der Waals surface area contributed by atoms with Crippen LogP contribution in [-0.2, 0) is 16.0 Å². The highest BCUT2D eigenvalue weighted by atomic mass is 16.5. The number of guanidine groups is 1. The summed E-state index contributed by atoms with van der Waals surface area (Å²) in [5.41, 5.74) is 12.1. The molecule has 210 valence electrons. The number of amides is 2. The molecule has 0 aliphatic rings. The Morgan fingerprint density at radius 1 is 0.756 bits per heavy atom. The molecule has 0 bridgehead atoms. The Balaban J connectivity index is 1.55. The van der Waals surface area contributed by atoms with Crippen molar-refractivity contribution in [3.8, 4) is 5.75 Å². The molecule has 0 unspecified atom stereocenters. The molecule has 4 aromatic rings. The van der Waals surface area contributed by atoms with E-state index in [0.717, 1.165) is 16.3 Å². The zero-order valence-corrected chi connectivity index (χ0v) is 22.5. The van der Waals surface area contributed by atoms with E-state index >= 15 is 0 Å². The van der Waals surface area contributed by atoms with Crippen LogP contribution in [0.2, 0.25) is 0 Å². The monoisotopic (exact) mass is 551 g/mol. The lowest BCUT2D eigenvalue weighted by Gasteiger charge is -2.23. The Kier molecular flexibility index (Phi) is 10.0. The summed E-state index contributed by atoms with van der Waals surface area (Å²) >= 11 is 0. The zero-order valence-electron chi connectivity index (χ0n) is 22.5. The second kappa shape index (κ2) is 14.3. The van der Waals surface area contributed by atoms with Crippen LogP contribution in [0.1, 0.15) is 28.8 Å². The number of nitrogens with one attached hydrogen (secondary N) is 2. The zero-order chi connectivity index (χ0) is 29.0. The molecule has 4 aromatic carbocycles. The fourth-order valence-electron chi connectivity index (χ4n) is 4.38. The minimum absolute atomic E-state index is 0.0598. The highest BCUT2D eigenvalue weighted by molar-refractivity contribution is 5.98. The summed E-state index contributed by atoms with van der Waals surface area (Å²) in [6, 6.07) is 29.0. The molecule has 0 fully saturated rings. The molecule has 9 nitrogen and oxygen atoms in total. The second-order valence-electron chi connectivity index (χ2n) is 9.49. The molecule has 0 aliphatic carbocycles. The van der Waals surface area contributed by atoms with Crippen LogP contribution in [0.25, 0.3) is 10.8 Å². The van der Waals surface area contributed by atoms with Crippen molar-refractivity contribution < 1.29 is 19.1 Å². The minimum atomic E-state index is -1.01. The van der Waals surface area contributed by atoms with E-state index in [2.05, 4.69) is 15.6 Å². The van der Waals surface area contributed by atoms with Crippen LogP contribution in [0.3, 0.4) is 0 Å². The summed E-state index contributed by atoms with van der Waals surface area (Å²) in [7, 11) is 0. The number of benzene rings is 4. The number of rotatable bonds is 12. The van der Waals surface area contributed by atoms with Gasteiger partial charge in [-0.05, 0) is 42.0 Å². The lowest BCUT2D eigenvalue weighted by molar-refractivity contribution is -0.139. The third-order valence-electron chi connectivity index (χ3n) is 6.45. The van der Waals surface area contributed by atoms with Gasteiger partial charge in [0.25, 0.3) is 5.91 Å². The number of fused-ring (bicyclic) bond motifs is 1. The summed E-state index contributed by atoms with van der Waals surface area (Å²) in [5.74, 6) is -1.22. The van der Waals surface area contributed by atoms with Crippen LogP contribution in [0.5, 0.6) is 5.75 Å². The molecule has 0 saturated heterocycles. The number of nitrogens with two attached hydrogens (primary N) is 2. The van der Waals surface area contributed by atoms with E-state index in [0.29, 0.717) is 17.7 Å². The first-order chi connectivity index (χ1) is 19.9. The van der Waals surface area contributed by atoms with Crippen LogP contribution < -0.4 is 26.8 Å². The van der Waals surface area contributed by atoms with E-state index in [-0.39, 0.29) is 25.3 Å². The molecule has 4 rings (SSSR count). The van der Waals surface area contributed by atoms with Crippen LogP contribution in [0, 0.1) is 0 Å². The number of hydrogen-bond acceptors (Lipinski definition) is 5. The van der Waals surface area contributed by atoms with Gasteiger partial charge in [-0.2, -0.15) is 0 Å². The van der Waals surface area contributed by atoms with Crippen molar-refractivity contribution >= 4 is 34.5 Å². The topological polar surface area (TPSA) is 149 Å². The number of carbonyl (C=O) groups excluding carboxylic acids is 3. The third kappa shape index (κ3) is 8.40. The molecular weight excluding hydrogens is 518 g/mol. The summed E-state index contributed by atoms with van der Waals surface area (Å²) < 4.78 is 5.79. The Bertz CT molecular complexity index is 1500. The summed E-state index contributed by atoms with van der Waals surface area (Å²) in [6.07, 6.45) is 0.856. The van der Waals surface area contributed by atoms with Gasteiger partial charge in [0.1, 0.15) is 17.8 Å². The van der Waals surface area contributed by atoms with Crippen molar-refractivity contribution in [2.24, 2.45) is 16.5 Å². The molecule has 2 amide bonds. The molecule has 0 saturated carbocycles. The summed E-state index contributed by atoms with van der Waals surface area (Å²) in [5, 5.41) is 7.32. The van der Waals surface area contributed by atoms with Crippen LogP contribution in [0.15, 0.2) is 108 Å². The number of ether oxygens (including phenoxy) is 1. The largest absolute Gasteiger partial charge is 0.424 e. The van der Waals surface area contributed by atoms with Crippen LogP contribution in [0.4, 0.5) is 0 Å². The highest BCUT2D eigenvalue weighted by Crippen LogP contribution is 2.25. The fraction of sp³-hybridized carbons (Fsp3) is 0.188. The van der Waals surface area contributed by atoms with E-state index in [1.807, 2.05) is 60.7 Å². The van der Waals surface area contributed by atoms with Crippen molar-refractivity contribution in [1.29, 1.82) is 0 Å². The predicted octanol–water partition coefficient (Wildman–Crippen LogP) is 3.32. The van der Waals surface area contributed by atoms with Crippen molar-refractivity contribution in [2.45, 2.75) is 31.3 Å². The number of aliphatic imine (C=N–C) groups is 1. The third-order valence-corrected chi connectivity index (χ3v) is 6.45. The summed E-state index contributed by atoms with van der Waals surface area (Å²) in [4.78, 5) is 44.0. The fourth-order valence-corrected chi connectivity index (χ4v) is 4.38. The van der Waals surface area contributed by atoms with Gasteiger partial charge in [-0.3, -0.25) is 14.6 Å². The van der Waals surface area contributed by atoms with Gasteiger partial charge < -0.3 is 26.8 Å². The lowest BCUT2D eigenvalue weighted by Crippen LogP contribution is -2.53. The number of hydrogen-bond donors (Lipinski definition) is 4. The maximum atomic E-state index is 13.6. The van der Waals surface area contributed by atoms with Crippen LogP contribution in [-0.4, -0.2) is 42.4 Å². The number of esters is 1. The number of nitrogens with zero attached hydrogens (tertiary/aromatic N) is 1. The average molecular weight is 552 g/mol. The molecule has 0 spiro atoms. The van der Waals surface area contributed by atoms with E-state index in [1.165, 1.54) is 0 Å². The normalized spacial score (nSPS) is 12.1. The Labute approximate surface area is 238 Å². The first kappa shape index (κ1) is 28.8. The molecule has 0 radical (unpaired) electrons. The van der Waals surface area contributed by atoms with E-state index in [1.54, 1.807) is 42.5 Å². The maximum absolute atomic E-state index is 13.6. The second-order valence-corrected chi connectivity index (χ2v) is 9.49. The first-order valence-electron chi connectivity index (χ1n) is 13.4. The minimum Gasteiger partial charge on any atom is -0.424 e. The average Bonchev–Trinajstić information content (AvgIpc) is 2.99. The molecule has 41 heavy (non-hydrogen) atoms. The van der Waals surface area contributed by atoms with Crippen molar-refractivity contribution in [2.75, 3.05) is 6.54 Å². The molecular formula is C32H33N5O4. The van der Waals surface area contributed by atoms with Gasteiger partial charge in [0.15, 0.2) is 5.96 Å². The SMILES string of the molecule is NC(N)=NCCC[C@H](NC(=O)[C@H](Cc1ccccc1)NC(=O)c1ccccc1)C(=O)Oc1cccc2ccccc12. The maximum Gasteiger partial charge on any atom is 0.334 e. The molecule has 6 N–H and O–H groups in total. The van der Waals surface area contributed by atoms with Crippen molar-refractivity contribution in [3.05, 3.63) is 114 Å². The van der Waals surface area contributed by atoms with Crippen molar-refractivity contribution in [3.63, 3.8) is 0 Å². The van der Waals surface area contributed by atoms with Gasteiger partial charge in [-0.15, -0.1) is 0 Å². The Morgan fingerprint density at radius 2 is 1.41 bits per heavy atom. The quantitative estimate of drug-likeness (QED) is 0.0698. The number of carbonyl (C=O) groups is 3. The summed E-state index contributed by atoms with van der Waals surface area (Å²) in [6.45, 7) is 0.272. The van der Waals surface area contributed by atoms with E-state index in [9.17, 15) is 14.4 Å². The standard InChI is InChI=1S/C32H33N5O4/c33-32(34)35-20-10-18-26(31(40)41-28-19-9-16-23-13-7-8-17-25(23)28)36-30(39)27(21-22-11-3-1-4-12-22)37-29(38)24-14-5-2-6-15-24/h1-9,11-17,19,26-27H,10,18,20-21H2,(H,36,39)(H,37,38)(H4,33,34,35)/t26-,27-/m0/s1. The lowest BCUT2D eigenvalue weighted by atomic mass is 10.0. The van der Waals surface area contributed by atoms with Crippen LogP contribution >= 0.6 is 0 Å². The molecule has 2 atom stereocenters. The molecule has 0 aromatic heterocycles. The van der Waals surface area contributed by atoms with E-state index in [4.69, 9.17) is 16.2 Å². The van der Waals surface area contributed by atoms with Gasteiger partial charge in [0, 0.05) is 23.9 Å². The van der Waals surface area contributed by atoms with Gasteiger partial charge in [-0.1, -0.05) is 84.9 Å². The van der Waals surface area contributed by atoms with Gasteiger partial charge >= 0.3 is 5.97 Å². The van der Waals surface area contributed by atoms with Crippen molar-refractivity contribution in [1.82, 2.24) is 10.6 Å². The van der Waals surface area contributed by atoms with Gasteiger partial charge in [-0.25, -0.2) is 4.79 Å². The molecule has 9 heteroatoms. The highest BCUT2D eigenvalue weighted by Gasteiger charge is 2.28.